The zero-order valence-electron chi connectivity index (χ0n) is 13.3. The molecule has 1 amide bonds. The van der Waals surface area contributed by atoms with Crippen molar-refractivity contribution in [3.05, 3.63) is 53.6 Å². The molecule has 2 aromatic carbocycles. The normalized spacial score (nSPS) is 10.1. The summed E-state index contributed by atoms with van der Waals surface area (Å²) in [5.74, 6) is 0.800. The van der Waals surface area contributed by atoms with Crippen LogP contribution < -0.4 is 15.4 Å². The molecule has 4 nitrogen and oxygen atoms in total. The predicted octanol–water partition coefficient (Wildman–Crippen LogP) is 3.75. The van der Waals surface area contributed by atoms with Crippen molar-refractivity contribution in [1.29, 1.82) is 0 Å². The minimum Gasteiger partial charge on any atom is -0.497 e. The third kappa shape index (κ3) is 4.52. The van der Waals surface area contributed by atoms with Gasteiger partial charge in [0.25, 0.3) is 0 Å². The highest BCUT2D eigenvalue weighted by molar-refractivity contribution is 5.91. The van der Waals surface area contributed by atoms with Crippen LogP contribution in [0, 0.1) is 13.8 Å². The quantitative estimate of drug-likeness (QED) is 0.854. The van der Waals surface area contributed by atoms with E-state index in [0.29, 0.717) is 13.0 Å². The van der Waals surface area contributed by atoms with Crippen LogP contribution >= 0.6 is 0 Å². The van der Waals surface area contributed by atoms with Crippen LogP contribution in [0.2, 0.25) is 0 Å². The maximum Gasteiger partial charge on any atom is 0.226 e. The van der Waals surface area contributed by atoms with E-state index in [1.165, 1.54) is 0 Å². The molecule has 0 aliphatic rings. The van der Waals surface area contributed by atoms with Crippen LogP contribution in [0.15, 0.2) is 42.5 Å². The van der Waals surface area contributed by atoms with Gasteiger partial charge in [0.2, 0.25) is 5.91 Å². The van der Waals surface area contributed by atoms with E-state index in [2.05, 4.69) is 10.6 Å². The van der Waals surface area contributed by atoms with Crippen molar-refractivity contribution in [2.24, 2.45) is 0 Å². The summed E-state index contributed by atoms with van der Waals surface area (Å²) in [4.78, 5) is 12.0. The minimum atomic E-state index is 0.00379. The second kappa shape index (κ2) is 7.50. The Balaban J connectivity index is 1.84. The Bertz CT molecular complexity index is 653. The predicted molar refractivity (Wildman–Crippen MR) is 90.6 cm³/mol. The number of hydrogen-bond acceptors (Lipinski definition) is 3. The second-order valence-electron chi connectivity index (χ2n) is 5.28. The molecule has 4 heteroatoms. The van der Waals surface area contributed by atoms with Crippen LogP contribution in [0.3, 0.4) is 0 Å². The summed E-state index contributed by atoms with van der Waals surface area (Å²) in [6, 6.07) is 13.7. The Morgan fingerprint density at radius 2 is 1.95 bits per heavy atom. The third-order valence-electron chi connectivity index (χ3n) is 3.42. The summed E-state index contributed by atoms with van der Waals surface area (Å²) in [5, 5.41) is 6.18. The fourth-order valence-electron chi connectivity index (χ4n) is 2.14. The van der Waals surface area contributed by atoms with Crippen molar-refractivity contribution in [1.82, 2.24) is 0 Å². The van der Waals surface area contributed by atoms with Gasteiger partial charge in [-0.15, -0.1) is 0 Å². The van der Waals surface area contributed by atoms with Gasteiger partial charge in [0.15, 0.2) is 0 Å². The number of benzene rings is 2. The monoisotopic (exact) mass is 298 g/mol. The van der Waals surface area contributed by atoms with Gasteiger partial charge in [-0.05, 0) is 43.2 Å². The molecule has 0 unspecified atom stereocenters. The van der Waals surface area contributed by atoms with Crippen molar-refractivity contribution in [2.45, 2.75) is 20.3 Å². The fourth-order valence-corrected chi connectivity index (χ4v) is 2.14. The number of amides is 1. The van der Waals surface area contributed by atoms with Crippen molar-refractivity contribution in [3.63, 3.8) is 0 Å². The first-order valence-corrected chi connectivity index (χ1v) is 7.33. The maximum absolute atomic E-state index is 12.0. The smallest absolute Gasteiger partial charge is 0.226 e. The van der Waals surface area contributed by atoms with Crippen molar-refractivity contribution >= 4 is 17.3 Å². The molecule has 0 heterocycles. The standard InChI is InChI=1S/C18H22N2O2/c1-13-7-8-14(2)17(11-13)20-18(21)9-10-19-15-5-4-6-16(12-15)22-3/h4-8,11-12,19H,9-10H2,1-3H3,(H,20,21). The summed E-state index contributed by atoms with van der Waals surface area (Å²) in [7, 11) is 1.64. The van der Waals surface area contributed by atoms with Gasteiger partial charge in [-0.3, -0.25) is 4.79 Å². The molecule has 0 fully saturated rings. The summed E-state index contributed by atoms with van der Waals surface area (Å²) in [6.45, 7) is 4.58. The van der Waals surface area contributed by atoms with Crippen LogP contribution in [-0.4, -0.2) is 19.6 Å². The van der Waals surface area contributed by atoms with E-state index in [-0.39, 0.29) is 5.91 Å². The Morgan fingerprint density at radius 3 is 2.73 bits per heavy atom. The number of carbonyl (C=O) groups is 1. The molecular formula is C18H22N2O2. The number of carbonyl (C=O) groups excluding carboxylic acids is 1. The molecule has 2 rings (SSSR count). The maximum atomic E-state index is 12.0. The van der Waals surface area contributed by atoms with Gasteiger partial charge in [0, 0.05) is 30.4 Å². The van der Waals surface area contributed by atoms with E-state index in [1.807, 2.05) is 56.3 Å². The molecule has 0 radical (unpaired) electrons. The molecule has 2 aromatic rings. The molecule has 0 saturated heterocycles. The number of ether oxygens (including phenoxy) is 1. The lowest BCUT2D eigenvalue weighted by Gasteiger charge is -2.10. The first-order valence-electron chi connectivity index (χ1n) is 7.33. The number of aryl methyl sites for hydroxylation is 2. The van der Waals surface area contributed by atoms with Gasteiger partial charge < -0.3 is 15.4 Å². The second-order valence-corrected chi connectivity index (χ2v) is 5.28. The molecule has 0 aromatic heterocycles. The highest BCUT2D eigenvalue weighted by atomic mass is 16.5. The molecule has 22 heavy (non-hydrogen) atoms. The lowest BCUT2D eigenvalue weighted by Crippen LogP contribution is -2.16. The summed E-state index contributed by atoms with van der Waals surface area (Å²) in [6.07, 6.45) is 0.407. The van der Waals surface area contributed by atoms with E-state index >= 15 is 0 Å². The van der Waals surface area contributed by atoms with Gasteiger partial charge in [0.1, 0.15) is 5.75 Å². The largest absolute Gasteiger partial charge is 0.497 e. The van der Waals surface area contributed by atoms with Gasteiger partial charge in [-0.25, -0.2) is 0 Å². The number of hydrogen-bond donors (Lipinski definition) is 2. The topological polar surface area (TPSA) is 50.4 Å². The zero-order chi connectivity index (χ0) is 15.9. The molecule has 0 atom stereocenters. The molecule has 0 saturated carbocycles. The SMILES string of the molecule is COc1cccc(NCCC(=O)Nc2cc(C)ccc2C)c1. The van der Waals surface area contributed by atoms with Crippen molar-refractivity contribution in [3.8, 4) is 5.75 Å². The number of methoxy groups -OCH3 is 1. The zero-order valence-corrected chi connectivity index (χ0v) is 13.3. The summed E-state index contributed by atoms with van der Waals surface area (Å²) >= 11 is 0. The molecule has 2 N–H and O–H groups in total. The van der Waals surface area contributed by atoms with Gasteiger partial charge in [-0.1, -0.05) is 18.2 Å². The van der Waals surface area contributed by atoms with Gasteiger partial charge in [0.05, 0.1) is 7.11 Å². The molecule has 0 spiro atoms. The first kappa shape index (κ1) is 15.9. The van der Waals surface area contributed by atoms with Crippen molar-refractivity contribution in [2.75, 3.05) is 24.3 Å². The minimum absolute atomic E-state index is 0.00379. The number of rotatable bonds is 6. The molecule has 0 aliphatic heterocycles. The Morgan fingerprint density at radius 1 is 1.14 bits per heavy atom. The van der Waals surface area contributed by atoms with Crippen LogP contribution in [0.1, 0.15) is 17.5 Å². The van der Waals surface area contributed by atoms with Crippen molar-refractivity contribution < 1.29 is 9.53 Å². The molecular weight excluding hydrogens is 276 g/mol. The van der Waals surface area contributed by atoms with E-state index in [4.69, 9.17) is 4.74 Å². The highest BCUT2D eigenvalue weighted by Gasteiger charge is 2.05. The van der Waals surface area contributed by atoms with Crippen LogP contribution in [0.4, 0.5) is 11.4 Å². The fraction of sp³-hybridized carbons (Fsp3) is 0.278. The van der Waals surface area contributed by atoms with E-state index in [0.717, 1.165) is 28.3 Å². The van der Waals surface area contributed by atoms with Crippen LogP contribution in [0.25, 0.3) is 0 Å². The lowest BCUT2D eigenvalue weighted by molar-refractivity contribution is -0.115. The van der Waals surface area contributed by atoms with Crippen LogP contribution in [0.5, 0.6) is 5.75 Å². The van der Waals surface area contributed by atoms with E-state index < -0.39 is 0 Å². The highest BCUT2D eigenvalue weighted by Crippen LogP contribution is 2.18. The number of nitrogens with one attached hydrogen (secondary N) is 2. The third-order valence-corrected chi connectivity index (χ3v) is 3.42. The average Bonchev–Trinajstić information content (AvgIpc) is 2.51. The molecule has 116 valence electrons. The van der Waals surface area contributed by atoms with Gasteiger partial charge >= 0.3 is 0 Å². The van der Waals surface area contributed by atoms with E-state index in [9.17, 15) is 4.79 Å². The summed E-state index contributed by atoms with van der Waals surface area (Å²) in [5.41, 5.74) is 4.03. The van der Waals surface area contributed by atoms with E-state index in [1.54, 1.807) is 7.11 Å². The lowest BCUT2D eigenvalue weighted by atomic mass is 10.1. The average molecular weight is 298 g/mol. The Kier molecular flexibility index (Phi) is 5.42. The number of anilines is 2. The Labute approximate surface area is 131 Å². The van der Waals surface area contributed by atoms with Crippen LogP contribution in [-0.2, 0) is 4.79 Å². The first-order chi connectivity index (χ1) is 10.6. The Hall–Kier alpha value is -2.49. The molecule has 0 bridgehead atoms. The molecule has 0 aliphatic carbocycles. The van der Waals surface area contributed by atoms with Gasteiger partial charge in [-0.2, -0.15) is 0 Å². The summed E-state index contributed by atoms with van der Waals surface area (Å²) < 4.78 is 5.17.